The fourth-order valence-electron chi connectivity index (χ4n) is 1.77. The number of amides is 1. The van der Waals surface area contributed by atoms with Gasteiger partial charge in [0.25, 0.3) is 5.91 Å². The van der Waals surface area contributed by atoms with Gasteiger partial charge in [-0.2, -0.15) is 5.26 Å². The largest absolute Gasteiger partial charge is 0.351 e. The normalized spacial score (nSPS) is 11.0. The van der Waals surface area contributed by atoms with Crippen molar-refractivity contribution in [1.29, 1.82) is 5.26 Å². The Morgan fingerprint density at radius 3 is 2.71 bits per heavy atom. The Morgan fingerprint density at radius 1 is 1.33 bits per heavy atom. The maximum Gasteiger partial charge on any atom is 0.261 e. The molecular weight excluding hydrogens is 307 g/mol. The van der Waals surface area contributed by atoms with E-state index in [1.165, 1.54) is 6.08 Å². The van der Waals surface area contributed by atoms with Crippen molar-refractivity contribution >= 4 is 35.2 Å². The van der Waals surface area contributed by atoms with Crippen molar-refractivity contribution in [3.05, 3.63) is 39.4 Å². The first-order chi connectivity index (χ1) is 10.1. The van der Waals surface area contributed by atoms with Crippen LogP contribution >= 0.6 is 23.2 Å². The van der Waals surface area contributed by atoms with Gasteiger partial charge in [-0.25, -0.2) is 0 Å². The van der Waals surface area contributed by atoms with E-state index in [2.05, 4.69) is 12.2 Å². The van der Waals surface area contributed by atoms with Crippen molar-refractivity contribution < 1.29 is 4.79 Å². The molecular formula is C16H18Cl2N2O. The van der Waals surface area contributed by atoms with E-state index in [4.69, 9.17) is 28.5 Å². The average Bonchev–Trinajstić information content (AvgIpc) is 2.46. The van der Waals surface area contributed by atoms with Gasteiger partial charge in [0, 0.05) is 16.6 Å². The van der Waals surface area contributed by atoms with Gasteiger partial charge in [0.1, 0.15) is 11.6 Å². The van der Waals surface area contributed by atoms with E-state index >= 15 is 0 Å². The average molecular weight is 325 g/mol. The number of carbonyl (C=O) groups is 1. The van der Waals surface area contributed by atoms with Crippen molar-refractivity contribution in [2.45, 2.75) is 32.6 Å². The van der Waals surface area contributed by atoms with Gasteiger partial charge in [-0.05, 0) is 30.2 Å². The van der Waals surface area contributed by atoms with E-state index in [9.17, 15) is 4.79 Å². The molecule has 0 heterocycles. The molecule has 5 heteroatoms. The molecule has 0 saturated heterocycles. The van der Waals surface area contributed by atoms with Crippen LogP contribution < -0.4 is 5.32 Å². The summed E-state index contributed by atoms with van der Waals surface area (Å²) < 4.78 is 0. The fourth-order valence-corrected chi connectivity index (χ4v) is 2.23. The molecule has 3 nitrogen and oxygen atoms in total. The molecule has 0 aromatic heterocycles. The van der Waals surface area contributed by atoms with Gasteiger partial charge in [-0.15, -0.1) is 0 Å². The van der Waals surface area contributed by atoms with Crippen LogP contribution in [0.5, 0.6) is 0 Å². The van der Waals surface area contributed by atoms with Crippen LogP contribution in [0.3, 0.4) is 0 Å². The molecule has 0 unspecified atom stereocenters. The lowest BCUT2D eigenvalue weighted by molar-refractivity contribution is -0.117. The van der Waals surface area contributed by atoms with E-state index in [1.54, 1.807) is 18.2 Å². The van der Waals surface area contributed by atoms with Gasteiger partial charge < -0.3 is 5.32 Å². The maximum atomic E-state index is 11.9. The first-order valence-corrected chi connectivity index (χ1v) is 7.69. The SMILES string of the molecule is CCCCCCNC(=O)/C(C#N)=C/c1ccc(Cl)cc1Cl. The molecule has 1 amide bonds. The van der Waals surface area contributed by atoms with Gasteiger partial charge in [-0.1, -0.05) is 55.5 Å². The Morgan fingerprint density at radius 2 is 2.10 bits per heavy atom. The number of hydrogen-bond acceptors (Lipinski definition) is 2. The van der Waals surface area contributed by atoms with Crippen LogP contribution in [-0.2, 0) is 4.79 Å². The summed E-state index contributed by atoms with van der Waals surface area (Å²) in [5.74, 6) is -0.375. The Balaban J connectivity index is 2.67. The minimum Gasteiger partial charge on any atom is -0.351 e. The van der Waals surface area contributed by atoms with Gasteiger partial charge in [0.2, 0.25) is 0 Å². The summed E-state index contributed by atoms with van der Waals surface area (Å²) in [6.07, 6.45) is 5.76. The Bertz CT molecular complexity index is 562. The Kier molecular flexibility index (Phi) is 7.89. The summed E-state index contributed by atoms with van der Waals surface area (Å²) in [7, 11) is 0. The minimum absolute atomic E-state index is 0.0368. The zero-order valence-corrected chi connectivity index (χ0v) is 13.5. The third-order valence-electron chi connectivity index (χ3n) is 2.94. The minimum atomic E-state index is -0.375. The Labute approximate surface area is 135 Å². The predicted molar refractivity (Wildman–Crippen MR) is 87.2 cm³/mol. The topological polar surface area (TPSA) is 52.9 Å². The molecule has 0 saturated carbocycles. The van der Waals surface area contributed by atoms with E-state index in [1.807, 2.05) is 6.07 Å². The molecule has 112 valence electrons. The second-order valence-corrected chi connectivity index (χ2v) is 5.50. The van der Waals surface area contributed by atoms with Gasteiger partial charge in [0.05, 0.1) is 0 Å². The van der Waals surface area contributed by atoms with Crippen molar-refractivity contribution in [2.75, 3.05) is 6.54 Å². The van der Waals surface area contributed by atoms with E-state index in [0.717, 1.165) is 25.7 Å². The number of nitriles is 1. The van der Waals surface area contributed by atoms with E-state index < -0.39 is 0 Å². The van der Waals surface area contributed by atoms with Crippen LogP contribution in [0, 0.1) is 11.3 Å². The predicted octanol–water partition coefficient (Wildman–Crippen LogP) is 4.60. The van der Waals surface area contributed by atoms with Crippen LogP contribution in [0.25, 0.3) is 6.08 Å². The number of benzene rings is 1. The smallest absolute Gasteiger partial charge is 0.261 e. The molecule has 0 aliphatic carbocycles. The van der Waals surface area contributed by atoms with Crippen LogP contribution in [0.1, 0.15) is 38.2 Å². The molecule has 1 rings (SSSR count). The molecule has 1 N–H and O–H groups in total. The number of hydrogen-bond donors (Lipinski definition) is 1. The highest BCUT2D eigenvalue weighted by Crippen LogP contribution is 2.23. The zero-order valence-electron chi connectivity index (χ0n) is 12.0. The summed E-state index contributed by atoms with van der Waals surface area (Å²) in [5, 5.41) is 12.8. The summed E-state index contributed by atoms with van der Waals surface area (Å²) >= 11 is 11.8. The monoisotopic (exact) mass is 324 g/mol. The molecule has 21 heavy (non-hydrogen) atoms. The number of nitrogens with one attached hydrogen (secondary N) is 1. The second kappa shape index (κ2) is 9.44. The van der Waals surface area contributed by atoms with E-state index in [0.29, 0.717) is 22.2 Å². The molecule has 1 aromatic carbocycles. The lowest BCUT2D eigenvalue weighted by atomic mass is 10.1. The lowest BCUT2D eigenvalue weighted by Crippen LogP contribution is -2.25. The van der Waals surface area contributed by atoms with Crippen LogP contribution in [-0.4, -0.2) is 12.5 Å². The molecule has 0 aliphatic heterocycles. The first-order valence-electron chi connectivity index (χ1n) is 6.93. The number of rotatable bonds is 7. The van der Waals surface area contributed by atoms with Crippen molar-refractivity contribution in [3.8, 4) is 6.07 Å². The highest BCUT2D eigenvalue weighted by atomic mass is 35.5. The second-order valence-electron chi connectivity index (χ2n) is 4.65. The summed E-state index contributed by atoms with van der Waals surface area (Å²) in [6.45, 7) is 2.71. The van der Waals surface area contributed by atoms with Gasteiger partial charge in [0.15, 0.2) is 0 Å². The standard InChI is InChI=1S/C16H18Cl2N2O/c1-2-3-4-5-8-20-16(21)13(11-19)9-12-6-7-14(17)10-15(12)18/h6-7,9-10H,2-5,8H2,1H3,(H,20,21)/b13-9+. The molecule has 0 spiro atoms. The van der Waals surface area contributed by atoms with Crippen LogP contribution in [0.2, 0.25) is 10.0 Å². The molecule has 0 aliphatic rings. The number of unbranched alkanes of at least 4 members (excludes halogenated alkanes) is 3. The van der Waals surface area contributed by atoms with Gasteiger partial charge >= 0.3 is 0 Å². The van der Waals surface area contributed by atoms with Crippen LogP contribution in [0.4, 0.5) is 0 Å². The highest BCUT2D eigenvalue weighted by Gasteiger charge is 2.09. The highest BCUT2D eigenvalue weighted by molar-refractivity contribution is 6.35. The third-order valence-corrected chi connectivity index (χ3v) is 3.51. The zero-order chi connectivity index (χ0) is 15.7. The lowest BCUT2D eigenvalue weighted by Gasteiger charge is -2.04. The third kappa shape index (κ3) is 6.20. The number of nitrogens with zero attached hydrogens (tertiary/aromatic N) is 1. The van der Waals surface area contributed by atoms with E-state index in [-0.39, 0.29) is 11.5 Å². The fraction of sp³-hybridized carbons (Fsp3) is 0.375. The molecule has 0 radical (unpaired) electrons. The van der Waals surface area contributed by atoms with Crippen LogP contribution in [0.15, 0.2) is 23.8 Å². The summed E-state index contributed by atoms with van der Waals surface area (Å²) in [6, 6.07) is 6.82. The summed E-state index contributed by atoms with van der Waals surface area (Å²) in [5.41, 5.74) is 0.633. The Hall–Kier alpha value is -1.50. The van der Waals surface area contributed by atoms with Crippen molar-refractivity contribution in [1.82, 2.24) is 5.32 Å². The number of carbonyl (C=O) groups excluding carboxylic acids is 1. The van der Waals surface area contributed by atoms with Gasteiger partial charge in [-0.3, -0.25) is 4.79 Å². The van der Waals surface area contributed by atoms with Crippen molar-refractivity contribution in [2.24, 2.45) is 0 Å². The van der Waals surface area contributed by atoms with Crippen molar-refractivity contribution in [3.63, 3.8) is 0 Å². The quantitative estimate of drug-likeness (QED) is 0.452. The number of halogens is 2. The molecule has 0 fully saturated rings. The molecule has 0 bridgehead atoms. The first kappa shape index (κ1) is 17.6. The molecule has 0 atom stereocenters. The molecule has 1 aromatic rings. The summed E-state index contributed by atoms with van der Waals surface area (Å²) in [4.78, 5) is 11.9. The maximum absolute atomic E-state index is 11.9.